The van der Waals surface area contributed by atoms with Crippen LogP contribution in [0.1, 0.15) is 45.1 Å². The first-order valence-corrected chi connectivity index (χ1v) is 6.65. The second-order valence-corrected chi connectivity index (χ2v) is 5.96. The molecule has 1 nitrogen and oxygen atoms in total. The molecule has 0 amide bonds. The molecule has 0 spiro atoms. The third kappa shape index (κ3) is 3.18. The third-order valence-corrected chi connectivity index (χ3v) is 4.01. The van der Waals surface area contributed by atoms with Crippen molar-refractivity contribution in [1.29, 1.82) is 0 Å². The van der Waals surface area contributed by atoms with Crippen molar-refractivity contribution < 1.29 is 4.79 Å². The van der Waals surface area contributed by atoms with Gasteiger partial charge in [-0.05, 0) is 30.7 Å². The molecule has 0 aliphatic heterocycles. The molecule has 0 unspecified atom stereocenters. The maximum absolute atomic E-state index is 12.1. The Bertz CT molecular complexity index is 378. The van der Waals surface area contributed by atoms with Crippen molar-refractivity contribution in [3.05, 3.63) is 35.9 Å². The van der Waals surface area contributed by atoms with Crippen LogP contribution in [0.25, 0.3) is 0 Å². The summed E-state index contributed by atoms with van der Waals surface area (Å²) in [6.07, 6.45) is 5.27. The van der Waals surface area contributed by atoms with Gasteiger partial charge in [0.05, 0.1) is 0 Å². The molecule has 0 bridgehead atoms. The van der Waals surface area contributed by atoms with E-state index in [0.29, 0.717) is 11.7 Å². The predicted molar refractivity (Wildman–Crippen MR) is 70.9 cm³/mol. The van der Waals surface area contributed by atoms with Gasteiger partial charge in [0.15, 0.2) is 0 Å². The normalized spacial score (nSPS) is 24.4. The van der Waals surface area contributed by atoms with Crippen LogP contribution >= 0.6 is 0 Å². The maximum Gasteiger partial charge on any atom is 0.138 e. The van der Waals surface area contributed by atoms with Crippen LogP contribution in [0.3, 0.4) is 0 Å². The van der Waals surface area contributed by atoms with E-state index in [1.807, 2.05) is 6.07 Å². The van der Waals surface area contributed by atoms with Gasteiger partial charge in [-0.25, -0.2) is 0 Å². The Morgan fingerprint density at radius 1 is 1.24 bits per heavy atom. The SMILES string of the molecule is CC1(C)CCC[C@H](Cc2ccccc2)CC1=O. The van der Waals surface area contributed by atoms with Gasteiger partial charge in [-0.15, -0.1) is 0 Å². The van der Waals surface area contributed by atoms with E-state index in [2.05, 4.69) is 38.1 Å². The molecule has 1 aliphatic carbocycles. The Labute approximate surface area is 104 Å². The van der Waals surface area contributed by atoms with Crippen molar-refractivity contribution in [1.82, 2.24) is 0 Å². The topological polar surface area (TPSA) is 17.1 Å². The average molecular weight is 230 g/mol. The van der Waals surface area contributed by atoms with Gasteiger partial charge in [-0.3, -0.25) is 4.79 Å². The highest BCUT2D eigenvalue weighted by Gasteiger charge is 2.32. The zero-order chi connectivity index (χ0) is 12.3. The molecule has 17 heavy (non-hydrogen) atoms. The van der Waals surface area contributed by atoms with E-state index in [9.17, 15) is 4.79 Å². The standard InChI is InChI=1S/C16H22O/c1-16(2)10-6-9-14(12-15(16)17)11-13-7-4-3-5-8-13/h3-5,7-8,14H,6,9-12H2,1-2H3/t14-/m1/s1. The lowest BCUT2D eigenvalue weighted by Crippen LogP contribution is -2.23. The lowest BCUT2D eigenvalue weighted by atomic mass is 9.83. The number of benzene rings is 1. The van der Waals surface area contributed by atoms with Gasteiger partial charge in [0.25, 0.3) is 0 Å². The summed E-state index contributed by atoms with van der Waals surface area (Å²) in [5.74, 6) is 1.00. The van der Waals surface area contributed by atoms with E-state index < -0.39 is 0 Å². The first kappa shape index (κ1) is 12.3. The van der Waals surface area contributed by atoms with Gasteiger partial charge >= 0.3 is 0 Å². The summed E-state index contributed by atoms with van der Waals surface area (Å²) < 4.78 is 0. The molecule has 1 aromatic carbocycles. The molecule has 92 valence electrons. The quantitative estimate of drug-likeness (QED) is 0.701. The fourth-order valence-electron chi connectivity index (χ4n) is 2.73. The van der Waals surface area contributed by atoms with Crippen molar-refractivity contribution in [3.8, 4) is 0 Å². The zero-order valence-corrected chi connectivity index (χ0v) is 10.9. The maximum atomic E-state index is 12.1. The fourth-order valence-corrected chi connectivity index (χ4v) is 2.73. The molecule has 1 fully saturated rings. The minimum absolute atomic E-state index is 0.0918. The van der Waals surface area contributed by atoms with Crippen LogP contribution in [0.4, 0.5) is 0 Å². The summed E-state index contributed by atoms with van der Waals surface area (Å²) in [4.78, 5) is 12.1. The molecular weight excluding hydrogens is 208 g/mol. The van der Waals surface area contributed by atoms with Crippen LogP contribution in [-0.4, -0.2) is 5.78 Å². The second kappa shape index (κ2) is 5.03. The summed E-state index contributed by atoms with van der Waals surface area (Å²) in [5.41, 5.74) is 1.27. The number of ketones is 1. The number of rotatable bonds is 2. The van der Waals surface area contributed by atoms with E-state index in [0.717, 1.165) is 19.3 Å². The van der Waals surface area contributed by atoms with Crippen LogP contribution in [0, 0.1) is 11.3 Å². The Morgan fingerprint density at radius 3 is 2.65 bits per heavy atom. The molecule has 0 saturated heterocycles. The molecular formula is C16H22O. The largest absolute Gasteiger partial charge is 0.299 e. The highest BCUT2D eigenvalue weighted by Crippen LogP contribution is 2.34. The van der Waals surface area contributed by atoms with E-state index in [1.54, 1.807) is 0 Å². The summed E-state index contributed by atoms with van der Waals surface area (Å²) in [5, 5.41) is 0. The van der Waals surface area contributed by atoms with E-state index in [1.165, 1.54) is 18.4 Å². The number of carbonyl (C=O) groups excluding carboxylic acids is 1. The van der Waals surface area contributed by atoms with Crippen LogP contribution in [-0.2, 0) is 11.2 Å². The van der Waals surface area contributed by atoms with Crippen molar-refractivity contribution in [2.24, 2.45) is 11.3 Å². The van der Waals surface area contributed by atoms with E-state index >= 15 is 0 Å². The Kier molecular flexibility index (Phi) is 3.66. The van der Waals surface area contributed by atoms with Gasteiger partial charge in [0, 0.05) is 11.8 Å². The van der Waals surface area contributed by atoms with Gasteiger partial charge in [0.1, 0.15) is 5.78 Å². The van der Waals surface area contributed by atoms with Crippen LogP contribution < -0.4 is 0 Å². The highest BCUT2D eigenvalue weighted by atomic mass is 16.1. The molecule has 1 saturated carbocycles. The van der Waals surface area contributed by atoms with E-state index in [4.69, 9.17) is 0 Å². The highest BCUT2D eigenvalue weighted by molar-refractivity contribution is 5.84. The molecule has 0 N–H and O–H groups in total. The van der Waals surface area contributed by atoms with Crippen LogP contribution in [0.5, 0.6) is 0 Å². The number of Topliss-reactive ketones (excluding diaryl/α,β-unsaturated/α-hetero) is 1. The molecule has 1 atom stereocenters. The Balaban J connectivity index is 2.01. The van der Waals surface area contributed by atoms with Crippen molar-refractivity contribution in [2.75, 3.05) is 0 Å². The van der Waals surface area contributed by atoms with Gasteiger partial charge < -0.3 is 0 Å². The lowest BCUT2D eigenvalue weighted by Gasteiger charge is -2.20. The minimum Gasteiger partial charge on any atom is -0.299 e. The molecule has 1 heteroatoms. The molecule has 1 aromatic rings. The first-order valence-electron chi connectivity index (χ1n) is 6.65. The summed E-state index contributed by atoms with van der Waals surface area (Å²) >= 11 is 0. The number of hydrogen-bond donors (Lipinski definition) is 0. The average Bonchev–Trinajstić information content (AvgIpc) is 2.40. The minimum atomic E-state index is -0.0918. The summed E-state index contributed by atoms with van der Waals surface area (Å²) in [6, 6.07) is 10.5. The number of hydrogen-bond acceptors (Lipinski definition) is 1. The number of carbonyl (C=O) groups is 1. The fraction of sp³-hybridized carbons (Fsp3) is 0.562. The Hall–Kier alpha value is -1.11. The smallest absolute Gasteiger partial charge is 0.138 e. The molecule has 2 rings (SSSR count). The second-order valence-electron chi connectivity index (χ2n) is 5.96. The zero-order valence-electron chi connectivity index (χ0n) is 10.9. The van der Waals surface area contributed by atoms with Gasteiger partial charge in [-0.2, -0.15) is 0 Å². The third-order valence-electron chi connectivity index (χ3n) is 4.01. The summed E-state index contributed by atoms with van der Waals surface area (Å²) in [6.45, 7) is 4.19. The van der Waals surface area contributed by atoms with Crippen molar-refractivity contribution in [2.45, 2.75) is 46.0 Å². The lowest BCUT2D eigenvalue weighted by molar-refractivity contribution is -0.127. The summed E-state index contributed by atoms with van der Waals surface area (Å²) in [7, 11) is 0. The van der Waals surface area contributed by atoms with Crippen LogP contribution in [0.15, 0.2) is 30.3 Å². The molecule has 0 heterocycles. The molecule has 0 aromatic heterocycles. The Morgan fingerprint density at radius 2 is 1.94 bits per heavy atom. The van der Waals surface area contributed by atoms with Crippen molar-refractivity contribution in [3.63, 3.8) is 0 Å². The van der Waals surface area contributed by atoms with Gasteiger partial charge in [0.2, 0.25) is 0 Å². The predicted octanol–water partition coefficient (Wildman–Crippen LogP) is 4.01. The molecule has 0 radical (unpaired) electrons. The first-order chi connectivity index (χ1) is 8.08. The van der Waals surface area contributed by atoms with E-state index in [-0.39, 0.29) is 5.41 Å². The monoisotopic (exact) mass is 230 g/mol. The van der Waals surface area contributed by atoms with Crippen LogP contribution in [0.2, 0.25) is 0 Å². The van der Waals surface area contributed by atoms with Gasteiger partial charge in [-0.1, -0.05) is 50.6 Å². The van der Waals surface area contributed by atoms with Crippen molar-refractivity contribution >= 4 is 5.78 Å². The molecule has 1 aliphatic rings.